The topological polar surface area (TPSA) is 47.9 Å². The van der Waals surface area contributed by atoms with E-state index in [1.165, 1.54) is 31.4 Å². The molecular formula is C10H9F2NO3. The van der Waals surface area contributed by atoms with Gasteiger partial charge in [-0.25, -0.2) is 13.6 Å². The Morgan fingerprint density at radius 1 is 1.44 bits per heavy atom. The third-order valence-corrected chi connectivity index (χ3v) is 1.69. The number of carbonyl (C=O) groups excluding carboxylic acids is 1. The highest BCUT2D eigenvalue weighted by Gasteiger charge is 2.09. The first-order valence-corrected chi connectivity index (χ1v) is 4.34. The molecule has 0 atom stereocenters. The lowest BCUT2D eigenvalue weighted by Crippen LogP contribution is -2.07. The molecule has 6 heteroatoms. The SMILES string of the molecule is COc1cc(N=C=O)ccc1OCC(F)F. The van der Waals surface area contributed by atoms with Crippen molar-refractivity contribution >= 4 is 11.8 Å². The lowest BCUT2D eigenvalue weighted by molar-refractivity contribution is 0.0804. The summed E-state index contributed by atoms with van der Waals surface area (Å²) in [4.78, 5) is 13.4. The molecule has 0 aliphatic heterocycles. The smallest absolute Gasteiger partial charge is 0.272 e. The quantitative estimate of drug-likeness (QED) is 0.575. The molecule has 86 valence electrons. The van der Waals surface area contributed by atoms with E-state index in [1.807, 2.05) is 0 Å². The zero-order valence-electron chi connectivity index (χ0n) is 8.44. The lowest BCUT2D eigenvalue weighted by atomic mass is 10.3. The number of ether oxygens (including phenoxy) is 2. The maximum absolute atomic E-state index is 11.9. The van der Waals surface area contributed by atoms with E-state index >= 15 is 0 Å². The van der Waals surface area contributed by atoms with Crippen LogP contribution in [0.15, 0.2) is 23.2 Å². The molecule has 0 amide bonds. The number of hydrogen-bond acceptors (Lipinski definition) is 4. The summed E-state index contributed by atoms with van der Waals surface area (Å²) in [6.07, 6.45) is -1.19. The normalized spacial score (nSPS) is 9.75. The number of halogens is 2. The van der Waals surface area contributed by atoms with Crippen LogP contribution in [0.5, 0.6) is 11.5 Å². The predicted molar refractivity (Wildman–Crippen MR) is 52.3 cm³/mol. The molecule has 0 radical (unpaired) electrons. The molecule has 0 bridgehead atoms. The van der Waals surface area contributed by atoms with Crippen molar-refractivity contribution in [2.75, 3.05) is 13.7 Å². The monoisotopic (exact) mass is 229 g/mol. The van der Waals surface area contributed by atoms with Crippen LogP contribution in [0.4, 0.5) is 14.5 Å². The molecule has 0 aliphatic rings. The molecule has 0 heterocycles. The minimum absolute atomic E-state index is 0.174. The van der Waals surface area contributed by atoms with Crippen LogP contribution in [-0.4, -0.2) is 26.2 Å². The molecular weight excluding hydrogens is 220 g/mol. The molecule has 0 saturated carbocycles. The van der Waals surface area contributed by atoms with Gasteiger partial charge in [-0.3, -0.25) is 0 Å². The van der Waals surface area contributed by atoms with Crippen molar-refractivity contribution in [2.45, 2.75) is 6.43 Å². The summed E-state index contributed by atoms with van der Waals surface area (Å²) in [7, 11) is 1.36. The molecule has 0 N–H and O–H groups in total. The average molecular weight is 229 g/mol. The fourth-order valence-electron chi connectivity index (χ4n) is 1.05. The molecule has 0 aromatic heterocycles. The third kappa shape index (κ3) is 3.33. The van der Waals surface area contributed by atoms with Crippen LogP contribution in [0.2, 0.25) is 0 Å². The van der Waals surface area contributed by atoms with Crippen molar-refractivity contribution in [3.8, 4) is 11.5 Å². The van der Waals surface area contributed by atoms with Gasteiger partial charge in [0.2, 0.25) is 6.08 Å². The lowest BCUT2D eigenvalue weighted by Gasteiger charge is -2.10. The van der Waals surface area contributed by atoms with E-state index in [-0.39, 0.29) is 11.5 Å². The van der Waals surface area contributed by atoms with E-state index in [1.54, 1.807) is 0 Å². The highest BCUT2D eigenvalue weighted by molar-refractivity contribution is 5.55. The van der Waals surface area contributed by atoms with Crippen LogP contribution in [0.25, 0.3) is 0 Å². The summed E-state index contributed by atoms with van der Waals surface area (Å²) < 4.78 is 33.6. The maximum Gasteiger partial charge on any atom is 0.272 e. The molecule has 0 unspecified atom stereocenters. The van der Waals surface area contributed by atoms with E-state index in [9.17, 15) is 13.6 Å². The maximum atomic E-state index is 11.9. The third-order valence-electron chi connectivity index (χ3n) is 1.69. The fraction of sp³-hybridized carbons (Fsp3) is 0.300. The Morgan fingerprint density at radius 3 is 2.75 bits per heavy atom. The van der Waals surface area contributed by atoms with E-state index in [2.05, 4.69) is 4.99 Å². The molecule has 16 heavy (non-hydrogen) atoms. The first kappa shape index (κ1) is 12.1. The van der Waals surface area contributed by atoms with Crippen LogP contribution in [0.3, 0.4) is 0 Å². The van der Waals surface area contributed by atoms with Crippen molar-refractivity contribution < 1.29 is 23.0 Å². The predicted octanol–water partition coefficient (Wildman–Crippen LogP) is 2.31. The summed E-state index contributed by atoms with van der Waals surface area (Å²) in [6.45, 7) is -0.716. The molecule has 1 aromatic rings. The molecule has 0 saturated heterocycles. The first-order chi connectivity index (χ1) is 7.67. The van der Waals surface area contributed by atoms with Crippen molar-refractivity contribution in [3.63, 3.8) is 0 Å². The number of hydrogen-bond donors (Lipinski definition) is 0. The summed E-state index contributed by atoms with van der Waals surface area (Å²) in [6, 6.07) is 4.23. The second-order valence-corrected chi connectivity index (χ2v) is 2.74. The van der Waals surface area contributed by atoms with E-state index in [0.29, 0.717) is 5.69 Å². The van der Waals surface area contributed by atoms with Crippen LogP contribution in [0, 0.1) is 0 Å². The fourth-order valence-corrected chi connectivity index (χ4v) is 1.05. The van der Waals surface area contributed by atoms with Gasteiger partial charge in [0.25, 0.3) is 6.43 Å². The van der Waals surface area contributed by atoms with Gasteiger partial charge < -0.3 is 9.47 Å². The number of methoxy groups -OCH3 is 1. The Bertz CT molecular complexity index is 403. The highest BCUT2D eigenvalue weighted by Crippen LogP contribution is 2.31. The van der Waals surface area contributed by atoms with Crippen LogP contribution >= 0.6 is 0 Å². The molecule has 4 nitrogen and oxygen atoms in total. The second kappa shape index (κ2) is 5.82. The Balaban J connectivity index is 2.88. The standard InChI is InChI=1S/C10H9F2NO3/c1-15-9-4-7(13-6-14)2-3-8(9)16-5-10(11)12/h2-4,10H,5H2,1H3. The van der Waals surface area contributed by atoms with Crippen molar-refractivity contribution in [1.82, 2.24) is 0 Å². The number of isocyanates is 1. The molecule has 1 aromatic carbocycles. The van der Waals surface area contributed by atoms with Crippen molar-refractivity contribution in [2.24, 2.45) is 4.99 Å². The highest BCUT2D eigenvalue weighted by atomic mass is 19.3. The summed E-state index contributed by atoms with van der Waals surface area (Å²) in [5, 5.41) is 0. The number of benzene rings is 1. The average Bonchev–Trinajstić information content (AvgIpc) is 2.27. The van der Waals surface area contributed by atoms with E-state index in [4.69, 9.17) is 9.47 Å². The van der Waals surface area contributed by atoms with Gasteiger partial charge in [0.05, 0.1) is 12.8 Å². The van der Waals surface area contributed by atoms with Crippen LogP contribution in [-0.2, 0) is 4.79 Å². The van der Waals surface area contributed by atoms with Gasteiger partial charge in [-0.15, -0.1) is 0 Å². The van der Waals surface area contributed by atoms with E-state index in [0.717, 1.165) is 0 Å². The van der Waals surface area contributed by atoms with Crippen molar-refractivity contribution in [1.29, 1.82) is 0 Å². The second-order valence-electron chi connectivity index (χ2n) is 2.74. The number of aliphatic imine (C=N–C) groups is 1. The largest absolute Gasteiger partial charge is 0.493 e. The van der Waals surface area contributed by atoms with Gasteiger partial charge in [0.15, 0.2) is 11.5 Å². The zero-order chi connectivity index (χ0) is 12.0. The number of nitrogens with zero attached hydrogens (tertiary/aromatic N) is 1. The van der Waals surface area contributed by atoms with Crippen molar-refractivity contribution in [3.05, 3.63) is 18.2 Å². The molecule has 0 aliphatic carbocycles. The number of alkyl halides is 2. The number of rotatable bonds is 5. The Hall–Kier alpha value is -1.94. The van der Waals surface area contributed by atoms with Crippen LogP contribution < -0.4 is 9.47 Å². The minimum atomic E-state index is -2.56. The van der Waals surface area contributed by atoms with Gasteiger partial charge in [-0.1, -0.05) is 0 Å². The summed E-state index contributed by atoms with van der Waals surface area (Å²) >= 11 is 0. The van der Waals surface area contributed by atoms with Gasteiger partial charge in [0.1, 0.15) is 6.61 Å². The van der Waals surface area contributed by atoms with Gasteiger partial charge in [-0.05, 0) is 12.1 Å². The Kier molecular flexibility index (Phi) is 4.42. The van der Waals surface area contributed by atoms with E-state index < -0.39 is 13.0 Å². The van der Waals surface area contributed by atoms with Crippen LogP contribution in [0.1, 0.15) is 0 Å². The summed E-state index contributed by atoms with van der Waals surface area (Å²) in [5.41, 5.74) is 0.316. The minimum Gasteiger partial charge on any atom is -0.493 e. The van der Waals surface area contributed by atoms with Gasteiger partial charge >= 0.3 is 0 Å². The molecule has 0 fully saturated rings. The molecule has 0 spiro atoms. The Morgan fingerprint density at radius 2 is 2.19 bits per heavy atom. The summed E-state index contributed by atoms with van der Waals surface area (Å²) in [5.74, 6) is 0.407. The van der Waals surface area contributed by atoms with Gasteiger partial charge in [0, 0.05) is 6.07 Å². The first-order valence-electron chi connectivity index (χ1n) is 4.34. The Labute approximate surface area is 90.5 Å². The van der Waals surface area contributed by atoms with Gasteiger partial charge in [-0.2, -0.15) is 4.99 Å². The molecule has 1 rings (SSSR count). The zero-order valence-corrected chi connectivity index (χ0v) is 8.44.